The fourth-order valence-corrected chi connectivity index (χ4v) is 2.78. The summed E-state index contributed by atoms with van der Waals surface area (Å²) in [5.74, 6) is -0.220. The third-order valence-corrected chi connectivity index (χ3v) is 4.37. The number of aliphatic carboxylic acids is 1. The van der Waals surface area contributed by atoms with Crippen molar-refractivity contribution in [3.05, 3.63) is 34.4 Å². The van der Waals surface area contributed by atoms with E-state index in [9.17, 15) is 20.0 Å². The second-order valence-electron chi connectivity index (χ2n) is 5.93. The molecule has 2 N–H and O–H groups in total. The van der Waals surface area contributed by atoms with Crippen LogP contribution in [0.2, 0.25) is 0 Å². The second-order valence-corrected chi connectivity index (χ2v) is 5.93. The summed E-state index contributed by atoms with van der Waals surface area (Å²) in [6.07, 6.45) is 3.10. The smallest absolute Gasteiger partial charge is 0.311 e. The van der Waals surface area contributed by atoms with E-state index in [0.717, 1.165) is 12.8 Å². The minimum Gasteiger partial charge on any atom is -0.481 e. The molecule has 0 heterocycles. The van der Waals surface area contributed by atoms with Crippen LogP contribution < -0.4 is 5.32 Å². The number of carboxylic acid groups (broad SMARTS) is 1. The summed E-state index contributed by atoms with van der Waals surface area (Å²) in [6.45, 7) is 2.44. The van der Waals surface area contributed by atoms with Gasteiger partial charge in [0.05, 0.1) is 10.3 Å². The lowest BCUT2D eigenvalue weighted by atomic mass is 9.71. The number of nitro groups is 1. The van der Waals surface area contributed by atoms with Crippen molar-refractivity contribution in [2.45, 2.75) is 32.6 Å². The molecule has 0 radical (unpaired) electrons. The molecule has 21 heavy (non-hydrogen) atoms. The van der Waals surface area contributed by atoms with Gasteiger partial charge in [0.1, 0.15) is 0 Å². The average Bonchev–Trinajstić information content (AvgIpc) is 2.47. The van der Waals surface area contributed by atoms with Crippen LogP contribution in [0.25, 0.3) is 0 Å². The molecule has 1 aromatic carbocycles. The number of carboxylic acids is 1. The predicted molar refractivity (Wildman–Crippen MR) is 79.3 cm³/mol. The van der Waals surface area contributed by atoms with Crippen molar-refractivity contribution in [1.29, 1.82) is 0 Å². The molecule has 6 heteroatoms. The van der Waals surface area contributed by atoms with E-state index >= 15 is 0 Å². The molecular weight excluding hydrogens is 272 g/mol. The van der Waals surface area contributed by atoms with Crippen molar-refractivity contribution in [3.63, 3.8) is 0 Å². The molecule has 1 saturated carbocycles. The number of hydrogen-bond acceptors (Lipinski definition) is 4. The van der Waals surface area contributed by atoms with Crippen LogP contribution >= 0.6 is 0 Å². The highest BCUT2D eigenvalue weighted by Crippen LogP contribution is 2.39. The Bertz CT molecular complexity index is 536. The first-order valence-corrected chi connectivity index (χ1v) is 7.15. The largest absolute Gasteiger partial charge is 0.481 e. The van der Waals surface area contributed by atoms with Gasteiger partial charge in [-0.25, -0.2) is 0 Å². The van der Waals surface area contributed by atoms with E-state index in [2.05, 4.69) is 12.2 Å². The van der Waals surface area contributed by atoms with Gasteiger partial charge < -0.3 is 10.4 Å². The summed E-state index contributed by atoms with van der Waals surface area (Å²) < 4.78 is 0. The molecule has 0 spiro atoms. The van der Waals surface area contributed by atoms with Crippen molar-refractivity contribution >= 4 is 17.3 Å². The standard InChI is InChI=1S/C15H20N2O4/c1-11-5-7-15(8-6-11,14(18)19)10-16-12-3-2-4-13(9-12)17(20)21/h2-4,9,11,16H,5-8,10H2,1H3,(H,18,19). The van der Waals surface area contributed by atoms with E-state index in [4.69, 9.17) is 0 Å². The van der Waals surface area contributed by atoms with Crippen LogP contribution in [0, 0.1) is 21.4 Å². The van der Waals surface area contributed by atoms with Gasteiger partial charge in [-0.15, -0.1) is 0 Å². The summed E-state index contributed by atoms with van der Waals surface area (Å²) in [6, 6.07) is 6.16. The van der Waals surface area contributed by atoms with E-state index in [1.165, 1.54) is 12.1 Å². The third-order valence-electron chi connectivity index (χ3n) is 4.37. The second kappa shape index (κ2) is 6.11. The molecule has 0 amide bonds. The topological polar surface area (TPSA) is 92.5 Å². The van der Waals surface area contributed by atoms with Gasteiger partial charge >= 0.3 is 5.97 Å². The molecule has 0 unspecified atom stereocenters. The first-order chi connectivity index (χ1) is 9.93. The number of nitrogens with one attached hydrogen (secondary N) is 1. The maximum Gasteiger partial charge on any atom is 0.311 e. The van der Waals surface area contributed by atoms with Crippen LogP contribution in [-0.4, -0.2) is 22.5 Å². The van der Waals surface area contributed by atoms with Gasteiger partial charge in [0, 0.05) is 24.4 Å². The molecule has 1 aromatic rings. The van der Waals surface area contributed by atoms with Gasteiger partial charge in [-0.1, -0.05) is 13.0 Å². The quantitative estimate of drug-likeness (QED) is 0.641. The highest BCUT2D eigenvalue weighted by Gasteiger charge is 2.41. The molecule has 0 bridgehead atoms. The zero-order valence-corrected chi connectivity index (χ0v) is 12.0. The number of non-ortho nitro benzene ring substituents is 1. The van der Waals surface area contributed by atoms with E-state index < -0.39 is 16.3 Å². The molecule has 1 aliphatic rings. The van der Waals surface area contributed by atoms with Crippen LogP contribution in [0.4, 0.5) is 11.4 Å². The Kier molecular flexibility index (Phi) is 4.45. The van der Waals surface area contributed by atoms with Gasteiger partial charge in [-0.05, 0) is 37.7 Å². The molecule has 1 aliphatic carbocycles. The number of hydrogen-bond donors (Lipinski definition) is 2. The van der Waals surface area contributed by atoms with Crippen LogP contribution in [0.1, 0.15) is 32.6 Å². The molecule has 0 aliphatic heterocycles. The van der Waals surface area contributed by atoms with E-state index in [1.54, 1.807) is 12.1 Å². The van der Waals surface area contributed by atoms with Crippen molar-refractivity contribution in [2.75, 3.05) is 11.9 Å². The van der Waals surface area contributed by atoms with Crippen molar-refractivity contribution in [1.82, 2.24) is 0 Å². The zero-order valence-electron chi connectivity index (χ0n) is 12.0. The van der Waals surface area contributed by atoms with Crippen molar-refractivity contribution in [2.24, 2.45) is 11.3 Å². The first-order valence-electron chi connectivity index (χ1n) is 7.15. The minimum atomic E-state index is -0.785. The Hall–Kier alpha value is -2.11. The number of rotatable bonds is 5. The van der Waals surface area contributed by atoms with Gasteiger partial charge in [0.2, 0.25) is 0 Å². The fourth-order valence-electron chi connectivity index (χ4n) is 2.78. The SMILES string of the molecule is CC1CCC(CNc2cccc([N+](=O)[O-])c2)(C(=O)O)CC1. The van der Waals surface area contributed by atoms with Crippen LogP contribution in [0.3, 0.4) is 0 Å². The van der Waals surface area contributed by atoms with Crippen LogP contribution in [0.5, 0.6) is 0 Å². The Morgan fingerprint density at radius 3 is 2.71 bits per heavy atom. The van der Waals surface area contributed by atoms with Gasteiger partial charge in [-0.3, -0.25) is 14.9 Å². The highest BCUT2D eigenvalue weighted by molar-refractivity contribution is 5.75. The molecule has 6 nitrogen and oxygen atoms in total. The monoisotopic (exact) mass is 292 g/mol. The lowest BCUT2D eigenvalue weighted by Gasteiger charge is -2.36. The fraction of sp³-hybridized carbons (Fsp3) is 0.533. The van der Waals surface area contributed by atoms with Gasteiger partial charge in [0.15, 0.2) is 0 Å². The Labute approximate surface area is 123 Å². The molecule has 114 valence electrons. The number of benzene rings is 1. The van der Waals surface area contributed by atoms with E-state index in [-0.39, 0.29) is 5.69 Å². The molecular formula is C15H20N2O4. The van der Waals surface area contributed by atoms with Crippen molar-refractivity contribution < 1.29 is 14.8 Å². The van der Waals surface area contributed by atoms with Crippen molar-refractivity contribution in [3.8, 4) is 0 Å². The minimum absolute atomic E-state index is 0.00152. The number of anilines is 1. The van der Waals surface area contributed by atoms with Gasteiger partial charge in [-0.2, -0.15) is 0 Å². The Balaban J connectivity index is 2.07. The third kappa shape index (κ3) is 3.51. The van der Waals surface area contributed by atoms with Crippen LogP contribution in [-0.2, 0) is 4.79 Å². The molecule has 0 aromatic heterocycles. The normalized spacial score (nSPS) is 25.3. The highest BCUT2D eigenvalue weighted by atomic mass is 16.6. The zero-order chi connectivity index (χ0) is 15.5. The molecule has 0 atom stereocenters. The Morgan fingerprint density at radius 1 is 1.48 bits per heavy atom. The molecule has 0 saturated heterocycles. The lowest BCUT2D eigenvalue weighted by molar-refractivity contribution is -0.384. The molecule has 2 rings (SSSR count). The summed E-state index contributed by atoms with van der Waals surface area (Å²) >= 11 is 0. The summed E-state index contributed by atoms with van der Waals surface area (Å²) in [7, 11) is 0. The van der Waals surface area contributed by atoms with Gasteiger partial charge in [0.25, 0.3) is 5.69 Å². The summed E-state index contributed by atoms with van der Waals surface area (Å²) in [5.41, 5.74) is -0.179. The number of nitro benzene ring substituents is 1. The predicted octanol–water partition coefficient (Wildman–Crippen LogP) is 3.29. The average molecular weight is 292 g/mol. The first kappa shape index (κ1) is 15.3. The molecule has 1 fully saturated rings. The van der Waals surface area contributed by atoms with E-state index in [0.29, 0.717) is 31.0 Å². The number of nitrogens with zero attached hydrogens (tertiary/aromatic N) is 1. The maximum absolute atomic E-state index is 11.6. The summed E-state index contributed by atoms with van der Waals surface area (Å²) in [4.78, 5) is 21.9. The van der Waals surface area contributed by atoms with Crippen LogP contribution in [0.15, 0.2) is 24.3 Å². The van der Waals surface area contributed by atoms with E-state index in [1.807, 2.05) is 0 Å². The maximum atomic E-state index is 11.6. The summed E-state index contributed by atoms with van der Waals surface area (Å²) in [5, 5.41) is 23.4. The number of carbonyl (C=O) groups is 1. The Morgan fingerprint density at radius 2 is 2.14 bits per heavy atom. The lowest BCUT2D eigenvalue weighted by Crippen LogP contribution is -2.41.